The van der Waals surface area contributed by atoms with Crippen LogP contribution in [-0.2, 0) is 0 Å². The van der Waals surface area contributed by atoms with Crippen molar-refractivity contribution in [3.63, 3.8) is 0 Å². The fourth-order valence-corrected chi connectivity index (χ4v) is 2.66. The predicted octanol–water partition coefficient (Wildman–Crippen LogP) is 2.41. The van der Waals surface area contributed by atoms with E-state index in [1.165, 1.54) is 5.56 Å². The first-order valence-corrected chi connectivity index (χ1v) is 6.84. The second-order valence-corrected chi connectivity index (χ2v) is 4.83. The van der Waals surface area contributed by atoms with E-state index in [2.05, 4.69) is 39.8 Å². The first-order valence-electron chi connectivity index (χ1n) is 5.96. The summed E-state index contributed by atoms with van der Waals surface area (Å²) in [5.74, 6) is 0.963. The highest BCUT2D eigenvalue weighted by atomic mass is 32.1. The lowest BCUT2D eigenvalue weighted by atomic mass is 10.3. The monoisotopic (exact) mass is 250 g/mol. The summed E-state index contributed by atoms with van der Waals surface area (Å²) >= 11 is 1.71. The third kappa shape index (κ3) is 2.92. The van der Waals surface area contributed by atoms with Gasteiger partial charge in [0.05, 0.1) is 10.2 Å². The largest absolute Gasteiger partial charge is 0.369 e. The summed E-state index contributed by atoms with van der Waals surface area (Å²) in [5.41, 5.74) is 2.29. The Morgan fingerprint density at radius 2 is 2.18 bits per heavy atom. The molecule has 2 heterocycles. The Kier molecular flexibility index (Phi) is 4.28. The van der Waals surface area contributed by atoms with Gasteiger partial charge in [0.25, 0.3) is 0 Å². The Labute approximate surface area is 105 Å². The Hall–Kier alpha value is -1.20. The van der Waals surface area contributed by atoms with E-state index in [1.54, 1.807) is 17.7 Å². The lowest BCUT2D eigenvalue weighted by Gasteiger charge is -2.06. The second-order valence-electron chi connectivity index (χ2n) is 3.95. The molecule has 2 aromatic heterocycles. The third-order valence-electron chi connectivity index (χ3n) is 2.60. The van der Waals surface area contributed by atoms with Crippen LogP contribution in [0.3, 0.4) is 0 Å². The van der Waals surface area contributed by atoms with E-state index < -0.39 is 0 Å². The molecular weight excluding hydrogens is 232 g/mol. The Bertz CT molecular complexity index is 480. The van der Waals surface area contributed by atoms with Crippen molar-refractivity contribution in [1.82, 2.24) is 15.3 Å². The molecule has 5 heteroatoms. The fraction of sp³-hybridized carbons (Fsp3) is 0.500. The molecule has 2 N–H and O–H groups in total. The molecule has 92 valence electrons. The van der Waals surface area contributed by atoms with E-state index in [0.717, 1.165) is 42.1 Å². The maximum Gasteiger partial charge on any atom is 0.147 e. The topological polar surface area (TPSA) is 49.8 Å². The van der Waals surface area contributed by atoms with Crippen LogP contribution in [0.1, 0.15) is 18.9 Å². The minimum absolute atomic E-state index is 0.941. The number of fused-ring (bicyclic) bond motifs is 1. The second kappa shape index (κ2) is 5.93. The van der Waals surface area contributed by atoms with Gasteiger partial charge in [-0.15, -0.1) is 11.3 Å². The molecule has 0 aromatic carbocycles. The van der Waals surface area contributed by atoms with Gasteiger partial charge < -0.3 is 10.6 Å². The van der Waals surface area contributed by atoms with Crippen molar-refractivity contribution in [1.29, 1.82) is 0 Å². The van der Waals surface area contributed by atoms with E-state index in [9.17, 15) is 0 Å². The molecule has 0 aliphatic heterocycles. The lowest BCUT2D eigenvalue weighted by molar-refractivity contribution is 0.688. The maximum atomic E-state index is 4.31. The highest BCUT2D eigenvalue weighted by Crippen LogP contribution is 2.28. The van der Waals surface area contributed by atoms with Crippen molar-refractivity contribution in [3.8, 4) is 0 Å². The van der Waals surface area contributed by atoms with Gasteiger partial charge in [-0.3, -0.25) is 0 Å². The Morgan fingerprint density at radius 3 is 3.00 bits per heavy atom. The molecule has 0 radical (unpaired) electrons. The SMILES string of the molecule is CCNCCCNc1ncnc2c(C)csc12. The van der Waals surface area contributed by atoms with Crippen molar-refractivity contribution in [2.45, 2.75) is 20.3 Å². The molecule has 0 fully saturated rings. The molecule has 0 unspecified atom stereocenters. The van der Waals surface area contributed by atoms with E-state index >= 15 is 0 Å². The zero-order valence-electron chi connectivity index (χ0n) is 10.3. The standard InChI is InChI=1S/C12H18N4S/c1-3-13-5-4-6-14-12-11-10(15-8-16-12)9(2)7-17-11/h7-8,13H,3-6H2,1-2H3,(H,14,15,16). The van der Waals surface area contributed by atoms with Crippen LogP contribution in [0.25, 0.3) is 10.2 Å². The van der Waals surface area contributed by atoms with Crippen LogP contribution in [0.2, 0.25) is 0 Å². The lowest BCUT2D eigenvalue weighted by Crippen LogP contribution is -2.17. The molecule has 17 heavy (non-hydrogen) atoms. The zero-order chi connectivity index (χ0) is 12.1. The molecule has 0 aliphatic carbocycles. The number of nitrogens with zero attached hydrogens (tertiary/aromatic N) is 2. The smallest absolute Gasteiger partial charge is 0.147 e. The minimum atomic E-state index is 0.941. The van der Waals surface area contributed by atoms with Crippen LogP contribution < -0.4 is 10.6 Å². The molecule has 0 aliphatic rings. The van der Waals surface area contributed by atoms with E-state index in [0.29, 0.717) is 0 Å². The maximum absolute atomic E-state index is 4.31. The predicted molar refractivity (Wildman–Crippen MR) is 73.8 cm³/mol. The molecule has 0 spiro atoms. The normalized spacial score (nSPS) is 10.9. The molecule has 2 aromatic rings. The van der Waals surface area contributed by atoms with Gasteiger partial charge in [-0.05, 0) is 37.4 Å². The Balaban J connectivity index is 1.99. The molecule has 0 saturated heterocycles. The molecule has 0 atom stereocenters. The quantitative estimate of drug-likeness (QED) is 0.773. The van der Waals surface area contributed by atoms with Gasteiger partial charge in [-0.25, -0.2) is 9.97 Å². The van der Waals surface area contributed by atoms with Crippen LogP contribution in [0.15, 0.2) is 11.7 Å². The number of nitrogens with one attached hydrogen (secondary N) is 2. The first-order chi connectivity index (χ1) is 8.33. The third-order valence-corrected chi connectivity index (χ3v) is 3.70. The summed E-state index contributed by atoms with van der Waals surface area (Å²) in [6.45, 7) is 7.22. The van der Waals surface area contributed by atoms with Gasteiger partial charge in [0.15, 0.2) is 0 Å². The van der Waals surface area contributed by atoms with Crippen LogP contribution in [-0.4, -0.2) is 29.6 Å². The highest BCUT2D eigenvalue weighted by Gasteiger charge is 2.06. The average molecular weight is 250 g/mol. The van der Waals surface area contributed by atoms with E-state index in [-0.39, 0.29) is 0 Å². The summed E-state index contributed by atoms with van der Waals surface area (Å²) in [7, 11) is 0. The molecule has 2 rings (SSSR count). The number of thiophene rings is 1. The Morgan fingerprint density at radius 1 is 1.29 bits per heavy atom. The minimum Gasteiger partial charge on any atom is -0.369 e. The summed E-state index contributed by atoms with van der Waals surface area (Å²) in [4.78, 5) is 8.61. The molecule has 0 bridgehead atoms. The average Bonchev–Trinajstić information content (AvgIpc) is 2.72. The van der Waals surface area contributed by atoms with Crippen molar-refractivity contribution in [2.75, 3.05) is 25.0 Å². The van der Waals surface area contributed by atoms with Gasteiger partial charge in [0.2, 0.25) is 0 Å². The molecule has 0 amide bonds. The van der Waals surface area contributed by atoms with Crippen LogP contribution in [0.5, 0.6) is 0 Å². The molecule has 0 saturated carbocycles. The van der Waals surface area contributed by atoms with E-state index in [4.69, 9.17) is 0 Å². The van der Waals surface area contributed by atoms with Crippen molar-refractivity contribution in [2.24, 2.45) is 0 Å². The number of rotatable bonds is 6. The summed E-state index contributed by atoms with van der Waals surface area (Å²) in [6.07, 6.45) is 2.73. The number of aryl methyl sites for hydroxylation is 1. The summed E-state index contributed by atoms with van der Waals surface area (Å²) in [6, 6.07) is 0. The van der Waals surface area contributed by atoms with Crippen molar-refractivity contribution in [3.05, 3.63) is 17.3 Å². The molecular formula is C12H18N4S. The number of anilines is 1. The van der Waals surface area contributed by atoms with Gasteiger partial charge in [-0.2, -0.15) is 0 Å². The number of hydrogen-bond acceptors (Lipinski definition) is 5. The van der Waals surface area contributed by atoms with Gasteiger partial charge in [0, 0.05) is 6.54 Å². The first kappa shape index (κ1) is 12.3. The number of aromatic nitrogens is 2. The highest BCUT2D eigenvalue weighted by molar-refractivity contribution is 7.18. The summed E-state index contributed by atoms with van der Waals surface area (Å²) in [5, 5.41) is 8.81. The van der Waals surface area contributed by atoms with Crippen LogP contribution in [0, 0.1) is 6.92 Å². The van der Waals surface area contributed by atoms with Crippen molar-refractivity contribution < 1.29 is 0 Å². The summed E-state index contributed by atoms with van der Waals surface area (Å²) < 4.78 is 1.16. The van der Waals surface area contributed by atoms with Gasteiger partial charge in [-0.1, -0.05) is 6.92 Å². The fourth-order valence-electron chi connectivity index (χ4n) is 1.69. The van der Waals surface area contributed by atoms with Gasteiger partial charge >= 0.3 is 0 Å². The molecule has 4 nitrogen and oxygen atoms in total. The van der Waals surface area contributed by atoms with E-state index in [1.807, 2.05) is 0 Å². The number of hydrogen-bond donors (Lipinski definition) is 2. The van der Waals surface area contributed by atoms with Gasteiger partial charge in [0.1, 0.15) is 12.1 Å². The van der Waals surface area contributed by atoms with Crippen molar-refractivity contribution >= 4 is 27.4 Å². The van der Waals surface area contributed by atoms with Crippen LogP contribution >= 0.6 is 11.3 Å². The van der Waals surface area contributed by atoms with Crippen LogP contribution in [0.4, 0.5) is 5.82 Å². The zero-order valence-corrected chi connectivity index (χ0v) is 11.1.